The lowest BCUT2D eigenvalue weighted by Gasteiger charge is -2.24. The number of hydrogen-bond donors (Lipinski definition) is 2. The number of halogens is 1. The fourth-order valence-corrected chi connectivity index (χ4v) is 2.79. The summed E-state index contributed by atoms with van der Waals surface area (Å²) in [6.45, 7) is 6.16. The van der Waals surface area contributed by atoms with Crippen molar-refractivity contribution in [2.45, 2.75) is 38.6 Å². The summed E-state index contributed by atoms with van der Waals surface area (Å²) in [7, 11) is 0. The van der Waals surface area contributed by atoms with Crippen LogP contribution in [0.4, 0.5) is 4.39 Å². The summed E-state index contributed by atoms with van der Waals surface area (Å²) in [5.74, 6) is 0.0544. The lowest BCUT2D eigenvalue weighted by Crippen LogP contribution is -2.39. The first kappa shape index (κ1) is 13.4. The van der Waals surface area contributed by atoms with Gasteiger partial charge in [-0.2, -0.15) is 9.89 Å². The molecule has 0 bridgehead atoms. The van der Waals surface area contributed by atoms with E-state index in [-0.39, 0.29) is 11.7 Å². The molecule has 2 aromatic rings. The van der Waals surface area contributed by atoms with E-state index < -0.39 is 0 Å². The van der Waals surface area contributed by atoms with Gasteiger partial charge in [-0.25, -0.2) is 4.39 Å². The van der Waals surface area contributed by atoms with Gasteiger partial charge in [0.1, 0.15) is 5.52 Å². The Bertz CT molecular complexity index is 599. The van der Waals surface area contributed by atoms with Crippen LogP contribution in [0.5, 0.6) is 0 Å². The first-order valence-corrected chi connectivity index (χ1v) is 7.31. The predicted octanol–water partition coefficient (Wildman–Crippen LogP) is 2.59. The molecular weight excluding hydrogens is 255 g/mol. The predicted molar refractivity (Wildman–Crippen MR) is 79.0 cm³/mol. The normalized spacial score (nSPS) is 17.0. The van der Waals surface area contributed by atoms with Crippen molar-refractivity contribution in [1.82, 2.24) is 15.2 Å². The van der Waals surface area contributed by atoms with Crippen LogP contribution < -0.4 is 10.7 Å². The number of nitrogens with zero attached hydrogens (tertiary/aromatic N) is 2. The van der Waals surface area contributed by atoms with Crippen molar-refractivity contribution in [2.24, 2.45) is 0 Å². The molecule has 0 unspecified atom stereocenters. The summed E-state index contributed by atoms with van der Waals surface area (Å²) >= 11 is 0. The lowest BCUT2D eigenvalue weighted by atomic mass is 10.1. The molecule has 0 spiro atoms. The topological polar surface area (TPSA) is 41.9 Å². The van der Waals surface area contributed by atoms with Gasteiger partial charge < -0.3 is 10.7 Å². The smallest absolute Gasteiger partial charge is 0.151 e. The zero-order valence-electron chi connectivity index (χ0n) is 12.0. The number of nitrogens with one attached hydrogen (secondary N) is 2. The Morgan fingerprint density at radius 1 is 1.35 bits per heavy atom. The Hall–Kier alpha value is -1.62. The first-order valence-electron chi connectivity index (χ1n) is 7.31. The molecule has 0 atom stereocenters. The van der Waals surface area contributed by atoms with Crippen molar-refractivity contribution in [3.05, 3.63) is 29.7 Å². The SMILES string of the molecule is CC(C)c1nn(NC2CCNCC2)c2c(F)cccc12. The largest absolute Gasteiger partial charge is 0.317 e. The van der Waals surface area contributed by atoms with Gasteiger partial charge in [0.2, 0.25) is 0 Å². The number of rotatable bonds is 3. The minimum Gasteiger partial charge on any atom is -0.317 e. The Kier molecular flexibility index (Phi) is 3.61. The zero-order valence-corrected chi connectivity index (χ0v) is 12.0. The number of aromatic nitrogens is 2. The number of piperidine rings is 1. The molecule has 0 radical (unpaired) electrons. The van der Waals surface area contributed by atoms with Gasteiger partial charge in [0.15, 0.2) is 5.82 Å². The minimum absolute atomic E-state index is 0.219. The van der Waals surface area contributed by atoms with Crippen molar-refractivity contribution in [3.63, 3.8) is 0 Å². The molecule has 0 aliphatic carbocycles. The molecule has 1 aromatic heterocycles. The number of benzene rings is 1. The maximum absolute atomic E-state index is 14.2. The Morgan fingerprint density at radius 3 is 2.80 bits per heavy atom. The van der Waals surface area contributed by atoms with Crippen LogP contribution in [0.2, 0.25) is 0 Å². The minimum atomic E-state index is -0.219. The molecule has 2 heterocycles. The molecule has 4 nitrogen and oxygen atoms in total. The molecule has 1 aliphatic heterocycles. The third-order valence-corrected chi connectivity index (χ3v) is 3.87. The van der Waals surface area contributed by atoms with Gasteiger partial charge in [0.05, 0.1) is 5.69 Å². The van der Waals surface area contributed by atoms with Crippen molar-refractivity contribution >= 4 is 10.9 Å². The zero-order chi connectivity index (χ0) is 14.1. The molecular formula is C15H21FN4. The molecule has 5 heteroatoms. The standard InChI is InChI=1S/C15H21FN4/c1-10(2)14-12-4-3-5-13(16)15(12)20(19-14)18-11-6-8-17-9-7-11/h3-5,10-11,17-18H,6-9H2,1-2H3. The summed E-state index contributed by atoms with van der Waals surface area (Å²) in [4.78, 5) is 1.65. The van der Waals surface area contributed by atoms with Crippen LogP contribution in [-0.2, 0) is 0 Å². The molecule has 1 aliphatic rings. The van der Waals surface area contributed by atoms with Gasteiger partial charge >= 0.3 is 0 Å². The number of para-hydroxylation sites is 1. The van der Waals surface area contributed by atoms with Crippen molar-refractivity contribution in [3.8, 4) is 0 Å². The highest BCUT2D eigenvalue weighted by atomic mass is 19.1. The van der Waals surface area contributed by atoms with Gasteiger partial charge in [-0.1, -0.05) is 26.0 Å². The second-order valence-corrected chi connectivity index (χ2v) is 5.74. The Balaban J connectivity index is 2.01. The summed E-state index contributed by atoms with van der Waals surface area (Å²) in [6.07, 6.45) is 2.07. The molecule has 1 fully saturated rings. The highest BCUT2D eigenvalue weighted by molar-refractivity contribution is 5.83. The molecule has 2 N–H and O–H groups in total. The highest BCUT2D eigenvalue weighted by Crippen LogP contribution is 2.26. The Morgan fingerprint density at radius 2 is 2.10 bits per heavy atom. The van der Waals surface area contributed by atoms with Gasteiger partial charge in [-0.3, -0.25) is 0 Å². The van der Waals surface area contributed by atoms with Crippen molar-refractivity contribution < 1.29 is 4.39 Å². The van der Waals surface area contributed by atoms with Crippen LogP contribution in [0.25, 0.3) is 10.9 Å². The van der Waals surface area contributed by atoms with Gasteiger partial charge in [0, 0.05) is 11.4 Å². The molecule has 0 amide bonds. The average molecular weight is 276 g/mol. The van der Waals surface area contributed by atoms with Crippen molar-refractivity contribution in [1.29, 1.82) is 0 Å². The number of hydrogen-bond acceptors (Lipinski definition) is 3. The second-order valence-electron chi connectivity index (χ2n) is 5.74. The molecule has 1 aromatic carbocycles. The van der Waals surface area contributed by atoms with Crippen LogP contribution in [0.1, 0.15) is 38.3 Å². The van der Waals surface area contributed by atoms with E-state index in [9.17, 15) is 4.39 Å². The van der Waals surface area contributed by atoms with E-state index >= 15 is 0 Å². The summed E-state index contributed by atoms with van der Waals surface area (Å²) in [6, 6.07) is 5.54. The average Bonchev–Trinajstić information content (AvgIpc) is 2.80. The lowest BCUT2D eigenvalue weighted by molar-refractivity contribution is 0.445. The van der Waals surface area contributed by atoms with Gasteiger partial charge in [-0.05, 0) is 37.9 Å². The van der Waals surface area contributed by atoms with Crippen LogP contribution in [0, 0.1) is 5.82 Å². The van der Waals surface area contributed by atoms with E-state index in [2.05, 4.69) is 29.7 Å². The van der Waals surface area contributed by atoms with E-state index in [1.807, 2.05) is 6.07 Å². The fraction of sp³-hybridized carbons (Fsp3) is 0.533. The summed E-state index contributed by atoms with van der Waals surface area (Å²) in [5, 5.41) is 8.82. The van der Waals surface area contributed by atoms with Crippen molar-refractivity contribution in [2.75, 3.05) is 18.5 Å². The third kappa shape index (κ3) is 2.38. The first-order chi connectivity index (χ1) is 9.66. The van der Waals surface area contributed by atoms with Crippen LogP contribution >= 0.6 is 0 Å². The van der Waals surface area contributed by atoms with E-state index in [1.165, 1.54) is 6.07 Å². The maximum Gasteiger partial charge on any atom is 0.151 e. The third-order valence-electron chi connectivity index (χ3n) is 3.87. The highest BCUT2D eigenvalue weighted by Gasteiger charge is 2.19. The maximum atomic E-state index is 14.2. The van der Waals surface area contributed by atoms with Crippen LogP contribution in [0.15, 0.2) is 18.2 Å². The molecule has 20 heavy (non-hydrogen) atoms. The molecule has 0 saturated carbocycles. The van der Waals surface area contributed by atoms with E-state index in [0.29, 0.717) is 11.6 Å². The van der Waals surface area contributed by atoms with E-state index in [0.717, 1.165) is 37.0 Å². The fourth-order valence-electron chi connectivity index (χ4n) is 2.79. The van der Waals surface area contributed by atoms with Crippen LogP contribution in [0.3, 0.4) is 0 Å². The summed E-state index contributed by atoms with van der Waals surface area (Å²) < 4.78 is 14.2. The molecule has 3 rings (SSSR count). The summed E-state index contributed by atoms with van der Waals surface area (Å²) in [5.41, 5.74) is 4.88. The Labute approximate surface area is 118 Å². The quantitative estimate of drug-likeness (QED) is 0.905. The van der Waals surface area contributed by atoms with E-state index in [1.54, 1.807) is 10.9 Å². The van der Waals surface area contributed by atoms with E-state index in [4.69, 9.17) is 0 Å². The van der Waals surface area contributed by atoms with Crippen LogP contribution in [-0.4, -0.2) is 29.0 Å². The molecule has 1 saturated heterocycles. The monoisotopic (exact) mass is 276 g/mol. The van der Waals surface area contributed by atoms with Gasteiger partial charge in [-0.15, -0.1) is 0 Å². The number of fused-ring (bicyclic) bond motifs is 1. The second kappa shape index (κ2) is 5.40. The van der Waals surface area contributed by atoms with Gasteiger partial charge in [0.25, 0.3) is 0 Å². The molecule has 108 valence electrons.